The predicted molar refractivity (Wildman–Crippen MR) is 131 cm³/mol. The van der Waals surface area contributed by atoms with Gasteiger partial charge in [0, 0.05) is 6.07 Å². The molecule has 2 fully saturated rings. The quantitative estimate of drug-likeness (QED) is 0.306. The molecule has 1 aliphatic carbocycles. The van der Waals surface area contributed by atoms with Crippen molar-refractivity contribution in [1.82, 2.24) is 20.3 Å². The molecule has 3 aliphatic rings. The van der Waals surface area contributed by atoms with Crippen LogP contribution in [0.1, 0.15) is 29.2 Å². The molecule has 1 unspecified atom stereocenters. The summed E-state index contributed by atoms with van der Waals surface area (Å²) < 4.78 is 37.6. The van der Waals surface area contributed by atoms with Crippen LogP contribution in [0.2, 0.25) is 5.02 Å². The zero-order valence-corrected chi connectivity index (χ0v) is 20.9. The van der Waals surface area contributed by atoms with E-state index < -0.39 is 36.8 Å². The van der Waals surface area contributed by atoms with Crippen molar-refractivity contribution in [3.8, 4) is 11.8 Å². The zero-order valence-electron chi connectivity index (χ0n) is 20.2. The van der Waals surface area contributed by atoms with Crippen LogP contribution in [0.4, 0.5) is 4.39 Å². The van der Waals surface area contributed by atoms with Crippen LogP contribution in [0.5, 0.6) is 11.8 Å². The Hall–Kier alpha value is -3.03. The van der Waals surface area contributed by atoms with Gasteiger partial charge in [0.1, 0.15) is 36.6 Å². The number of aliphatic hydroxyl groups is 2. The minimum Gasteiger partial charge on any atom is -0.484 e. The number of amides is 1. The molecular formula is C25H26ClFN4O7. The molecule has 4 heterocycles. The number of nitrogens with zero attached hydrogens (tertiary/aromatic N) is 2. The lowest BCUT2D eigenvalue weighted by atomic mass is 9.95. The number of rotatable bonds is 8. The third-order valence-electron chi connectivity index (χ3n) is 7.17. The van der Waals surface area contributed by atoms with Gasteiger partial charge in [-0.1, -0.05) is 11.6 Å². The molecule has 6 rings (SSSR count). The number of H-pyrrole nitrogens is 1. The average Bonchev–Trinajstić information content (AvgIpc) is 3.65. The van der Waals surface area contributed by atoms with Crippen molar-refractivity contribution < 1.29 is 38.3 Å². The van der Waals surface area contributed by atoms with Crippen LogP contribution in [0.15, 0.2) is 18.2 Å². The largest absolute Gasteiger partial charge is 0.484 e. The molecule has 0 radical (unpaired) electrons. The van der Waals surface area contributed by atoms with E-state index in [1.165, 1.54) is 6.07 Å². The van der Waals surface area contributed by atoms with Crippen molar-refractivity contribution in [2.45, 2.75) is 49.6 Å². The molecule has 11 nitrogen and oxygen atoms in total. The minimum absolute atomic E-state index is 0.132. The molecule has 2 aliphatic heterocycles. The smallest absolute Gasteiger partial charge is 0.296 e. The second-order valence-electron chi connectivity index (χ2n) is 9.61. The Morgan fingerprint density at radius 3 is 2.92 bits per heavy atom. The summed E-state index contributed by atoms with van der Waals surface area (Å²) in [5.41, 5.74) is 3.03. The lowest BCUT2D eigenvalue weighted by Crippen LogP contribution is -2.34. The van der Waals surface area contributed by atoms with Crippen molar-refractivity contribution in [3.05, 3.63) is 45.9 Å². The molecule has 1 amide bonds. The molecule has 13 heteroatoms. The Kier molecular flexibility index (Phi) is 6.82. The van der Waals surface area contributed by atoms with Gasteiger partial charge in [-0.25, -0.2) is 9.37 Å². The summed E-state index contributed by atoms with van der Waals surface area (Å²) in [7, 11) is 0. The third kappa shape index (κ3) is 4.78. The molecule has 2 saturated heterocycles. The lowest BCUT2D eigenvalue weighted by Gasteiger charge is -2.15. The van der Waals surface area contributed by atoms with Gasteiger partial charge in [0.15, 0.2) is 18.4 Å². The number of nitrogens with one attached hydrogen (secondary N) is 2. The van der Waals surface area contributed by atoms with Gasteiger partial charge < -0.3 is 39.5 Å². The summed E-state index contributed by atoms with van der Waals surface area (Å²) >= 11 is 6.55. The number of ether oxygens (including phenoxy) is 4. The molecule has 3 aromatic rings. The molecule has 0 bridgehead atoms. The van der Waals surface area contributed by atoms with E-state index in [1.54, 1.807) is 12.1 Å². The second-order valence-corrected chi connectivity index (χ2v) is 10.0. The van der Waals surface area contributed by atoms with E-state index in [0.29, 0.717) is 46.7 Å². The molecule has 2 aromatic heterocycles. The van der Waals surface area contributed by atoms with Gasteiger partial charge >= 0.3 is 0 Å². The van der Waals surface area contributed by atoms with E-state index in [9.17, 15) is 9.90 Å². The van der Waals surface area contributed by atoms with Gasteiger partial charge in [0.25, 0.3) is 11.9 Å². The number of carbonyl (C=O) groups is 1. The summed E-state index contributed by atoms with van der Waals surface area (Å²) in [5.74, 6) is -0.784. The van der Waals surface area contributed by atoms with E-state index in [4.69, 9.17) is 35.7 Å². The number of fused-ring (bicyclic) bond motifs is 3. The number of pyridine rings is 1. The van der Waals surface area contributed by atoms with Gasteiger partial charge in [-0.15, -0.1) is 0 Å². The summed E-state index contributed by atoms with van der Waals surface area (Å²) in [6.07, 6.45) is -0.0782. The summed E-state index contributed by atoms with van der Waals surface area (Å²) in [5, 5.41) is 21.3. The van der Waals surface area contributed by atoms with Gasteiger partial charge in [-0.05, 0) is 48.4 Å². The van der Waals surface area contributed by atoms with Crippen molar-refractivity contribution in [2.24, 2.45) is 0 Å². The highest BCUT2D eigenvalue weighted by Gasteiger charge is 2.48. The van der Waals surface area contributed by atoms with Gasteiger partial charge in [0.05, 0.1) is 29.4 Å². The molecule has 38 heavy (non-hydrogen) atoms. The van der Waals surface area contributed by atoms with Gasteiger partial charge in [-0.3, -0.25) is 4.79 Å². The molecule has 0 saturated carbocycles. The number of carbonyl (C=O) groups excluding carboxylic acids is 1. The fraction of sp³-hybridized carbons (Fsp3) is 0.480. The third-order valence-corrected chi connectivity index (χ3v) is 7.49. The fourth-order valence-corrected chi connectivity index (χ4v) is 5.64. The Labute approximate surface area is 221 Å². The number of aromatic nitrogens is 3. The molecule has 1 aromatic carbocycles. The first-order chi connectivity index (χ1) is 18.4. The number of hydrogen-bond donors (Lipinski definition) is 4. The molecule has 4 N–H and O–H groups in total. The van der Waals surface area contributed by atoms with Crippen LogP contribution in [0.3, 0.4) is 0 Å². The molecule has 202 valence electrons. The number of aromatic amines is 1. The van der Waals surface area contributed by atoms with Crippen LogP contribution in [-0.4, -0.2) is 82.0 Å². The number of imidazole rings is 1. The topological polar surface area (TPSA) is 148 Å². The van der Waals surface area contributed by atoms with Crippen molar-refractivity contribution >= 4 is 28.7 Å². The molecular weight excluding hydrogens is 523 g/mol. The standard InChI is InChI=1S/C25H26ClFN4O7/c26-14-6-17-24(31-25(30-17)38-19-8-37-22-18(33)7-36-23(19)22)29-16(14)4-12-2-1-11-3-13(5-15(27)21(11)12)35-9-20(34)28-10-32/h3,5-6,12,18-19,22-23,32-33H,1-2,4,7-10H2,(H,28,34)(H,29,30,31)/t12?,18-,19-,22-,23-/m1/s1. The van der Waals surface area contributed by atoms with Crippen LogP contribution < -0.4 is 14.8 Å². The number of benzene rings is 1. The van der Waals surface area contributed by atoms with Gasteiger partial charge in [-0.2, -0.15) is 4.98 Å². The maximum absolute atomic E-state index is 15.1. The van der Waals surface area contributed by atoms with E-state index in [0.717, 1.165) is 5.56 Å². The zero-order chi connectivity index (χ0) is 26.4. The number of aryl methyl sites for hydroxylation is 1. The van der Waals surface area contributed by atoms with Crippen molar-refractivity contribution in [3.63, 3.8) is 0 Å². The van der Waals surface area contributed by atoms with Gasteiger partial charge in [0.2, 0.25) is 0 Å². The Bertz CT molecular complexity index is 1370. The summed E-state index contributed by atoms with van der Waals surface area (Å²) in [4.78, 5) is 23.7. The first-order valence-electron chi connectivity index (χ1n) is 12.4. The van der Waals surface area contributed by atoms with E-state index in [-0.39, 0.29) is 43.6 Å². The highest BCUT2D eigenvalue weighted by atomic mass is 35.5. The maximum atomic E-state index is 15.1. The van der Waals surface area contributed by atoms with Crippen molar-refractivity contribution in [2.75, 3.05) is 26.6 Å². The Morgan fingerprint density at radius 2 is 2.08 bits per heavy atom. The number of halogens is 2. The normalized spacial score (nSPS) is 25.9. The molecule has 5 atom stereocenters. The Balaban J connectivity index is 1.16. The monoisotopic (exact) mass is 548 g/mol. The first-order valence-corrected chi connectivity index (χ1v) is 12.7. The lowest BCUT2D eigenvalue weighted by molar-refractivity contribution is -0.124. The van der Waals surface area contributed by atoms with Crippen LogP contribution in [-0.2, 0) is 27.1 Å². The number of aliphatic hydroxyl groups excluding tert-OH is 2. The minimum atomic E-state index is -0.671. The maximum Gasteiger partial charge on any atom is 0.296 e. The van der Waals surface area contributed by atoms with E-state index in [1.807, 2.05) is 0 Å². The second kappa shape index (κ2) is 10.3. The molecule has 0 spiro atoms. The Morgan fingerprint density at radius 1 is 1.24 bits per heavy atom. The highest BCUT2D eigenvalue weighted by Crippen LogP contribution is 2.40. The number of hydrogen-bond acceptors (Lipinski definition) is 9. The average molecular weight is 549 g/mol. The summed E-state index contributed by atoms with van der Waals surface area (Å²) in [6.45, 7) is -0.330. The van der Waals surface area contributed by atoms with Crippen LogP contribution >= 0.6 is 11.6 Å². The highest BCUT2D eigenvalue weighted by molar-refractivity contribution is 6.31. The van der Waals surface area contributed by atoms with E-state index in [2.05, 4.69) is 20.3 Å². The first kappa shape index (κ1) is 25.3. The van der Waals surface area contributed by atoms with Crippen LogP contribution in [0.25, 0.3) is 11.2 Å². The fourth-order valence-electron chi connectivity index (χ4n) is 5.41. The SMILES string of the molecule is O=C(COc1cc(F)c2c(c1)CCC2Cc1nc2nc(O[C@@H]3CO[C@H]4[C@@H]3OC[C@H]4O)[nH]c2cc1Cl)NCO. The predicted octanol–water partition coefficient (Wildman–Crippen LogP) is 1.37. The van der Waals surface area contributed by atoms with E-state index >= 15 is 4.39 Å². The van der Waals surface area contributed by atoms with Crippen LogP contribution in [0, 0.1) is 5.82 Å². The van der Waals surface area contributed by atoms with Crippen molar-refractivity contribution in [1.29, 1.82) is 0 Å². The summed E-state index contributed by atoms with van der Waals surface area (Å²) in [6, 6.07) is 4.98.